The summed E-state index contributed by atoms with van der Waals surface area (Å²) in [5, 5.41) is 12.0. The van der Waals surface area contributed by atoms with Crippen molar-refractivity contribution in [1.29, 1.82) is 5.26 Å². The fourth-order valence-corrected chi connectivity index (χ4v) is 1.34. The van der Waals surface area contributed by atoms with Gasteiger partial charge in [0.25, 0.3) is 0 Å². The Morgan fingerprint density at radius 2 is 2.29 bits per heavy atom. The van der Waals surface area contributed by atoms with E-state index in [9.17, 15) is 0 Å². The molecule has 0 aromatic heterocycles. The molecule has 0 aliphatic carbocycles. The van der Waals surface area contributed by atoms with Crippen molar-refractivity contribution in [2.24, 2.45) is 4.99 Å². The molecule has 0 saturated carbocycles. The molecular weight excluding hydrogens is 218 g/mol. The molecule has 1 aromatic rings. The van der Waals surface area contributed by atoms with Gasteiger partial charge in [-0.25, -0.2) is 4.99 Å². The molecule has 0 radical (unpaired) electrons. The first-order chi connectivity index (χ1) is 6.77. The number of amidine groups is 1. The van der Waals surface area contributed by atoms with Gasteiger partial charge in [-0.2, -0.15) is 5.26 Å². The van der Waals surface area contributed by atoms with E-state index in [1.54, 1.807) is 12.1 Å². The Hall–Kier alpha value is -1.18. The van der Waals surface area contributed by atoms with E-state index < -0.39 is 0 Å². The number of para-hydroxylation sites is 1. The molecule has 0 aliphatic rings. The van der Waals surface area contributed by atoms with E-state index in [0.29, 0.717) is 15.9 Å². The number of hydrogen-bond donors (Lipinski definition) is 1. The number of nitriles is 1. The number of halogens is 1. The first-order valence-electron chi connectivity index (χ1n) is 3.80. The standard InChI is InChI=1S/C9H8ClN3S/c1-14-9(12-6-11)13-8-5-3-2-4-7(8)10/h2-5H,1H3,(H,12,13). The lowest BCUT2D eigenvalue weighted by atomic mass is 10.3. The van der Waals surface area contributed by atoms with Crippen molar-refractivity contribution >= 4 is 34.2 Å². The van der Waals surface area contributed by atoms with Crippen LogP contribution in [0.4, 0.5) is 5.69 Å². The minimum absolute atomic E-state index is 0.528. The van der Waals surface area contributed by atoms with E-state index in [1.807, 2.05) is 24.6 Å². The van der Waals surface area contributed by atoms with E-state index in [1.165, 1.54) is 11.8 Å². The normalized spacial score (nSPS) is 10.8. The molecule has 0 fully saturated rings. The second-order valence-corrected chi connectivity index (χ2v) is 3.51. The van der Waals surface area contributed by atoms with Gasteiger partial charge in [-0.3, -0.25) is 5.32 Å². The number of aliphatic imine (C=N–C) groups is 1. The van der Waals surface area contributed by atoms with Gasteiger partial charge < -0.3 is 0 Å². The first-order valence-corrected chi connectivity index (χ1v) is 5.40. The lowest BCUT2D eigenvalue weighted by Gasteiger charge is -2.00. The number of thioether (sulfide) groups is 1. The Kier molecular flexibility index (Phi) is 4.30. The molecular formula is C9H8ClN3S. The van der Waals surface area contributed by atoms with Crippen LogP contribution in [0.5, 0.6) is 0 Å². The summed E-state index contributed by atoms with van der Waals surface area (Å²) in [6.07, 6.45) is 3.65. The highest BCUT2D eigenvalue weighted by Crippen LogP contribution is 2.24. The third-order valence-corrected chi connectivity index (χ3v) is 2.33. The van der Waals surface area contributed by atoms with Crippen LogP contribution in [0.2, 0.25) is 5.02 Å². The van der Waals surface area contributed by atoms with E-state index in [2.05, 4.69) is 10.3 Å². The molecule has 0 saturated heterocycles. The topological polar surface area (TPSA) is 48.2 Å². The zero-order valence-electron chi connectivity index (χ0n) is 7.49. The predicted octanol–water partition coefficient (Wildman–Crippen LogP) is 2.76. The predicted molar refractivity (Wildman–Crippen MR) is 60.8 cm³/mol. The van der Waals surface area contributed by atoms with Gasteiger partial charge in [-0.1, -0.05) is 35.5 Å². The zero-order chi connectivity index (χ0) is 10.4. The van der Waals surface area contributed by atoms with Crippen LogP contribution in [0.3, 0.4) is 0 Å². The Balaban J connectivity index is 2.95. The fraction of sp³-hybridized carbons (Fsp3) is 0.111. The van der Waals surface area contributed by atoms with Gasteiger partial charge in [0, 0.05) is 0 Å². The van der Waals surface area contributed by atoms with Crippen LogP contribution in [0.25, 0.3) is 0 Å². The van der Waals surface area contributed by atoms with Crippen LogP contribution >= 0.6 is 23.4 Å². The molecule has 0 atom stereocenters. The average molecular weight is 226 g/mol. The van der Waals surface area contributed by atoms with E-state index in [0.717, 1.165) is 0 Å². The Morgan fingerprint density at radius 3 is 2.86 bits per heavy atom. The summed E-state index contributed by atoms with van der Waals surface area (Å²) in [4.78, 5) is 4.18. The third kappa shape index (κ3) is 2.95. The lowest BCUT2D eigenvalue weighted by Crippen LogP contribution is -2.12. The molecule has 0 unspecified atom stereocenters. The van der Waals surface area contributed by atoms with Gasteiger partial charge in [0.2, 0.25) is 0 Å². The summed E-state index contributed by atoms with van der Waals surface area (Å²) in [6, 6.07) is 7.22. The molecule has 0 bridgehead atoms. The maximum Gasteiger partial charge on any atom is 0.183 e. The summed E-state index contributed by atoms with van der Waals surface area (Å²) >= 11 is 7.25. The molecule has 1 aromatic carbocycles. The second kappa shape index (κ2) is 5.53. The van der Waals surface area contributed by atoms with E-state index in [4.69, 9.17) is 16.9 Å². The maximum absolute atomic E-state index is 8.43. The van der Waals surface area contributed by atoms with Crippen molar-refractivity contribution < 1.29 is 0 Å². The van der Waals surface area contributed by atoms with Gasteiger partial charge in [-0.05, 0) is 18.4 Å². The number of nitrogens with zero attached hydrogens (tertiary/aromatic N) is 2. The highest BCUT2D eigenvalue weighted by molar-refractivity contribution is 8.13. The SMILES string of the molecule is CSC(=Nc1ccccc1Cl)NC#N. The van der Waals surface area contributed by atoms with Gasteiger partial charge in [0.15, 0.2) is 11.4 Å². The molecule has 14 heavy (non-hydrogen) atoms. The quantitative estimate of drug-likeness (QED) is 0.346. The van der Waals surface area contributed by atoms with Gasteiger partial charge >= 0.3 is 0 Å². The van der Waals surface area contributed by atoms with Crippen molar-refractivity contribution in [2.45, 2.75) is 0 Å². The van der Waals surface area contributed by atoms with Crippen molar-refractivity contribution in [1.82, 2.24) is 5.32 Å². The first kappa shape index (κ1) is 10.9. The summed E-state index contributed by atoms with van der Waals surface area (Å²) < 4.78 is 0. The number of benzene rings is 1. The average Bonchev–Trinajstić information content (AvgIpc) is 2.20. The largest absolute Gasteiger partial charge is 0.271 e. The summed E-state index contributed by atoms with van der Waals surface area (Å²) in [6.45, 7) is 0. The molecule has 0 heterocycles. The number of hydrogen-bond acceptors (Lipinski definition) is 3. The highest BCUT2D eigenvalue weighted by atomic mass is 35.5. The summed E-state index contributed by atoms with van der Waals surface area (Å²) in [5.74, 6) is 0. The highest BCUT2D eigenvalue weighted by Gasteiger charge is 1.99. The molecule has 3 nitrogen and oxygen atoms in total. The Bertz CT molecular complexity index is 384. The summed E-state index contributed by atoms with van der Waals surface area (Å²) in [7, 11) is 0. The van der Waals surface area contributed by atoms with Crippen LogP contribution in [0.15, 0.2) is 29.3 Å². The third-order valence-electron chi connectivity index (χ3n) is 1.43. The van der Waals surface area contributed by atoms with Crippen molar-refractivity contribution in [3.63, 3.8) is 0 Å². The molecule has 0 aliphatic heterocycles. The minimum atomic E-state index is 0.528. The Labute approximate surface area is 91.8 Å². The zero-order valence-corrected chi connectivity index (χ0v) is 9.06. The smallest absolute Gasteiger partial charge is 0.183 e. The second-order valence-electron chi connectivity index (χ2n) is 2.31. The molecule has 0 spiro atoms. The van der Waals surface area contributed by atoms with Crippen LogP contribution in [0.1, 0.15) is 0 Å². The number of rotatable bonds is 1. The van der Waals surface area contributed by atoms with Gasteiger partial charge in [0.1, 0.15) is 0 Å². The van der Waals surface area contributed by atoms with Crippen LogP contribution in [0, 0.1) is 11.5 Å². The number of nitrogens with one attached hydrogen (secondary N) is 1. The molecule has 1 N–H and O–H groups in total. The molecule has 72 valence electrons. The van der Waals surface area contributed by atoms with Crippen molar-refractivity contribution in [2.75, 3.05) is 6.26 Å². The molecule has 0 amide bonds. The molecule has 1 rings (SSSR count). The lowest BCUT2D eigenvalue weighted by molar-refractivity contribution is 1.28. The maximum atomic E-state index is 8.43. The van der Waals surface area contributed by atoms with Crippen molar-refractivity contribution in [3.05, 3.63) is 29.3 Å². The van der Waals surface area contributed by atoms with Crippen molar-refractivity contribution in [3.8, 4) is 6.19 Å². The van der Waals surface area contributed by atoms with Gasteiger partial charge in [-0.15, -0.1) is 0 Å². The van der Waals surface area contributed by atoms with Crippen LogP contribution in [-0.4, -0.2) is 11.4 Å². The Morgan fingerprint density at radius 1 is 1.57 bits per heavy atom. The summed E-state index contributed by atoms with van der Waals surface area (Å²) in [5.41, 5.74) is 0.654. The minimum Gasteiger partial charge on any atom is -0.271 e. The van der Waals surface area contributed by atoms with E-state index in [-0.39, 0.29) is 0 Å². The van der Waals surface area contributed by atoms with Crippen LogP contribution in [-0.2, 0) is 0 Å². The van der Waals surface area contributed by atoms with E-state index >= 15 is 0 Å². The monoisotopic (exact) mass is 225 g/mol. The van der Waals surface area contributed by atoms with Crippen LogP contribution < -0.4 is 5.32 Å². The molecule has 5 heteroatoms. The van der Waals surface area contributed by atoms with Gasteiger partial charge in [0.05, 0.1) is 10.7 Å². The fourth-order valence-electron chi connectivity index (χ4n) is 0.824.